The summed E-state index contributed by atoms with van der Waals surface area (Å²) in [6, 6.07) is 5.50. The first-order valence-corrected chi connectivity index (χ1v) is 5.54. The zero-order valence-corrected chi connectivity index (χ0v) is 9.11. The minimum atomic E-state index is -0.574. The van der Waals surface area contributed by atoms with Crippen molar-refractivity contribution in [1.29, 1.82) is 5.26 Å². The molecule has 4 nitrogen and oxygen atoms in total. The fraction of sp³-hybridized carbons (Fsp3) is 0.500. The minimum Gasteiger partial charge on any atom is -0.388 e. The molecule has 0 amide bonds. The maximum Gasteiger partial charge on any atom is 0.126 e. The van der Waals surface area contributed by atoms with E-state index in [0.717, 1.165) is 25.7 Å². The Kier molecular flexibility index (Phi) is 3.07. The highest BCUT2D eigenvalue weighted by molar-refractivity contribution is 5.39. The molecular weight excluding hydrogens is 202 g/mol. The van der Waals surface area contributed by atoms with Crippen molar-refractivity contribution in [1.82, 2.24) is 4.98 Å². The average Bonchev–Trinajstić information content (AvgIpc) is 2.75. The number of aliphatic hydroxyl groups is 1. The molecule has 0 aliphatic heterocycles. The summed E-state index contributed by atoms with van der Waals surface area (Å²) in [6.45, 7) is 0.534. The fourth-order valence-electron chi connectivity index (χ4n) is 2.03. The van der Waals surface area contributed by atoms with Gasteiger partial charge in [-0.05, 0) is 25.0 Å². The van der Waals surface area contributed by atoms with Gasteiger partial charge in [0.15, 0.2) is 0 Å². The SMILES string of the molecule is N#Cc1ccc(NCC2(O)CCCC2)nc1. The van der Waals surface area contributed by atoms with Gasteiger partial charge < -0.3 is 10.4 Å². The van der Waals surface area contributed by atoms with Crippen LogP contribution in [0, 0.1) is 11.3 Å². The van der Waals surface area contributed by atoms with Crippen LogP contribution in [0.2, 0.25) is 0 Å². The number of hydrogen-bond acceptors (Lipinski definition) is 4. The first-order chi connectivity index (χ1) is 7.72. The van der Waals surface area contributed by atoms with Gasteiger partial charge in [0.1, 0.15) is 11.9 Å². The third-order valence-electron chi connectivity index (χ3n) is 3.03. The zero-order chi connectivity index (χ0) is 11.4. The Bertz CT molecular complexity index is 388. The van der Waals surface area contributed by atoms with E-state index < -0.39 is 5.60 Å². The molecule has 0 aromatic carbocycles. The highest BCUT2D eigenvalue weighted by atomic mass is 16.3. The molecule has 1 aromatic rings. The van der Waals surface area contributed by atoms with Gasteiger partial charge in [-0.1, -0.05) is 12.8 Å². The maximum atomic E-state index is 10.1. The van der Waals surface area contributed by atoms with Crippen molar-refractivity contribution < 1.29 is 5.11 Å². The molecule has 0 saturated heterocycles. The van der Waals surface area contributed by atoms with Crippen LogP contribution in [0.3, 0.4) is 0 Å². The van der Waals surface area contributed by atoms with Crippen LogP contribution in [0.1, 0.15) is 31.2 Å². The molecule has 0 bridgehead atoms. The number of rotatable bonds is 3. The molecule has 1 saturated carbocycles. The Morgan fingerprint density at radius 2 is 2.19 bits per heavy atom. The molecule has 0 spiro atoms. The number of nitrogens with zero attached hydrogens (tertiary/aromatic N) is 2. The minimum absolute atomic E-state index is 0.534. The monoisotopic (exact) mass is 217 g/mol. The van der Waals surface area contributed by atoms with Gasteiger partial charge in [-0.3, -0.25) is 0 Å². The first-order valence-electron chi connectivity index (χ1n) is 5.54. The van der Waals surface area contributed by atoms with Gasteiger partial charge in [0, 0.05) is 12.7 Å². The first kappa shape index (κ1) is 10.9. The van der Waals surface area contributed by atoms with Crippen molar-refractivity contribution in [2.75, 3.05) is 11.9 Å². The van der Waals surface area contributed by atoms with Crippen LogP contribution in [0.4, 0.5) is 5.82 Å². The average molecular weight is 217 g/mol. The molecule has 1 aliphatic rings. The van der Waals surface area contributed by atoms with Crippen molar-refractivity contribution in [2.24, 2.45) is 0 Å². The van der Waals surface area contributed by atoms with Gasteiger partial charge in [-0.2, -0.15) is 5.26 Å². The second-order valence-electron chi connectivity index (χ2n) is 4.33. The largest absolute Gasteiger partial charge is 0.388 e. The van der Waals surface area contributed by atoms with E-state index in [-0.39, 0.29) is 0 Å². The van der Waals surface area contributed by atoms with E-state index in [0.29, 0.717) is 17.9 Å². The Labute approximate surface area is 94.9 Å². The van der Waals surface area contributed by atoms with Crippen LogP contribution in [0.5, 0.6) is 0 Å². The number of anilines is 1. The van der Waals surface area contributed by atoms with E-state index >= 15 is 0 Å². The third-order valence-corrected chi connectivity index (χ3v) is 3.03. The predicted molar refractivity (Wildman–Crippen MR) is 60.9 cm³/mol. The number of nitriles is 1. The van der Waals surface area contributed by atoms with Crippen molar-refractivity contribution in [2.45, 2.75) is 31.3 Å². The Balaban J connectivity index is 1.92. The summed E-state index contributed by atoms with van der Waals surface area (Å²) in [5, 5.41) is 21.8. The quantitative estimate of drug-likeness (QED) is 0.808. The summed E-state index contributed by atoms with van der Waals surface area (Å²) in [7, 11) is 0. The highest BCUT2D eigenvalue weighted by Gasteiger charge is 2.30. The summed E-state index contributed by atoms with van der Waals surface area (Å²) in [5.41, 5.74) is -0.0274. The van der Waals surface area contributed by atoms with Crippen molar-refractivity contribution in [3.8, 4) is 6.07 Å². The lowest BCUT2D eigenvalue weighted by Gasteiger charge is -2.22. The predicted octanol–water partition coefficient (Wildman–Crippen LogP) is 1.67. The summed E-state index contributed by atoms with van der Waals surface area (Å²) >= 11 is 0. The van der Waals surface area contributed by atoms with Crippen LogP contribution in [0.15, 0.2) is 18.3 Å². The summed E-state index contributed by atoms with van der Waals surface area (Å²) < 4.78 is 0. The van der Waals surface area contributed by atoms with Crippen molar-refractivity contribution in [3.63, 3.8) is 0 Å². The molecule has 1 aromatic heterocycles. The van der Waals surface area contributed by atoms with E-state index in [1.54, 1.807) is 12.1 Å². The summed E-state index contributed by atoms with van der Waals surface area (Å²) in [4.78, 5) is 4.10. The molecule has 0 atom stereocenters. The van der Waals surface area contributed by atoms with Crippen LogP contribution >= 0.6 is 0 Å². The van der Waals surface area contributed by atoms with Gasteiger partial charge >= 0.3 is 0 Å². The second kappa shape index (κ2) is 4.50. The van der Waals surface area contributed by atoms with Crippen LogP contribution in [-0.2, 0) is 0 Å². The fourth-order valence-corrected chi connectivity index (χ4v) is 2.03. The topological polar surface area (TPSA) is 68.9 Å². The molecular formula is C12H15N3O. The van der Waals surface area contributed by atoms with E-state index in [4.69, 9.17) is 5.26 Å². The lowest BCUT2D eigenvalue weighted by atomic mass is 10.0. The van der Waals surface area contributed by atoms with Gasteiger partial charge in [-0.25, -0.2) is 4.98 Å². The molecule has 84 valence electrons. The molecule has 1 fully saturated rings. The highest BCUT2D eigenvalue weighted by Crippen LogP contribution is 2.29. The van der Waals surface area contributed by atoms with Crippen LogP contribution in [0.25, 0.3) is 0 Å². The standard InChI is InChI=1S/C12H15N3O/c13-7-10-3-4-11(14-8-10)15-9-12(16)5-1-2-6-12/h3-4,8,16H,1-2,5-6,9H2,(H,14,15). The zero-order valence-electron chi connectivity index (χ0n) is 9.11. The Morgan fingerprint density at radius 3 is 2.75 bits per heavy atom. The van der Waals surface area contributed by atoms with Gasteiger partial charge in [0.2, 0.25) is 0 Å². The third kappa shape index (κ3) is 2.50. The molecule has 0 radical (unpaired) electrons. The van der Waals surface area contributed by atoms with Crippen molar-refractivity contribution >= 4 is 5.82 Å². The number of pyridine rings is 1. The van der Waals surface area contributed by atoms with Gasteiger partial charge in [-0.15, -0.1) is 0 Å². The normalized spacial score (nSPS) is 18.0. The number of aromatic nitrogens is 1. The van der Waals surface area contributed by atoms with Gasteiger partial charge in [0.25, 0.3) is 0 Å². The van der Waals surface area contributed by atoms with E-state index in [1.807, 2.05) is 6.07 Å². The Hall–Kier alpha value is -1.60. The van der Waals surface area contributed by atoms with E-state index in [2.05, 4.69) is 10.3 Å². The summed E-state index contributed by atoms with van der Waals surface area (Å²) in [5.74, 6) is 0.708. The maximum absolute atomic E-state index is 10.1. The molecule has 2 N–H and O–H groups in total. The van der Waals surface area contributed by atoms with Crippen LogP contribution < -0.4 is 5.32 Å². The van der Waals surface area contributed by atoms with Gasteiger partial charge in [0.05, 0.1) is 11.2 Å². The van der Waals surface area contributed by atoms with E-state index in [9.17, 15) is 5.11 Å². The number of nitrogens with one attached hydrogen (secondary N) is 1. The van der Waals surface area contributed by atoms with E-state index in [1.165, 1.54) is 6.20 Å². The molecule has 1 aliphatic carbocycles. The summed E-state index contributed by atoms with van der Waals surface area (Å²) in [6.07, 6.45) is 5.44. The second-order valence-corrected chi connectivity index (χ2v) is 4.33. The Morgan fingerprint density at radius 1 is 1.44 bits per heavy atom. The number of hydrogen-bond donors (Lipinski definition) is 2. The molecule has 1 heterocycles. The lowest BCUT2D eigenvalue weighted by Crippen LogP contribution is -2.33. The molecule has 16 heavy (non-hydrogen) atoms. The smallest absolute Gasteiger partial charge is 0.126 e. The van der Waals surface area contributed by atoms with Crippen LogP contribution in [-0.4, -0.2) is 22.2 Å². The van der Waals surface area contributed by atoms with Crippen molar-refractivity contribution in [3.05, 3.63) is 23.9 Å². The molecule has 0 unspecified atom stereocenters. The molecule has 4 heteroatoms. The molecule has 2 rings (SSSR count). The lowest BCUT2D eigenvalue weighted by molar-refractivity contribution is 0.0614.